The van der Waals surface area contributed by atoms with Gasteiger partial charge < -0.3 is 14.2 Å². The van der Waals surface area contributed by atoms with Crippen molar-refractivity contribution in [2.75, 3.05) is 12.4 Å². The van der Waals surface area contributed by atoms with Crippen molar-refractivity contribution < 1.29 is 31.6 Å². The minimum atomic E-state index is -3.54. The number of para-hydroxylation sites is 1. The summed E-state index contributed by atoms with van der Waals surface area (Å²) in [6.07, 6.45) is -0.586. The number of esters is 1. The normalized spacial score (nSPS) is 20.0. The second-order valence-electron chi connectivity index (χ2n) is 7.21. The predicted molar refractivity (Wildman–Crippen MR) is 110 cm³/mol. The Morgan fingerprint density at radius 2 is 1.83 bits per heavy atom. The molecule has 1 heterocycles. The Morgan fingerprint density at radius 3 is 2.57 bits per heavy atom. The van der Waals surface area contributed by atoms with E-state index in [2.05, 4.69) is 0 Å². The SMILES string of the molecule is CCS(=O)(=O)OCC(C)C1CC(=O)OC1OCc1cccc(Oc2ccccc2)c1. The van der Waals surface area contributed by atoms with Gasteiger partial charge in [-0.05, 0) is 42.7 Å². The summed E-state index contributed by atoms with van der Waals surface area (Å²) >= 11 is 0. The molecule has 1 aliphatic heterocycles. The van der Waals surface area contributed by atoms with Crippen molar-refractivity contribution in [2.45, 2.75) is 33.2 Å². The Kier molecular flexibility index (Phi) is 7.47. The van der Waals surface area contributed by atoms with Gasteiger partial charge in [0.15, 0.2) is 0 Å². The molecule has 3 rings (SSSR count). The Balaban J connectivity index is 1.58. The first-order valence-electron chi connectivity index (χ1n) is 9.86. The molecule has 162 valence electrons. The third-order valence-corrected chi connectivity index (χ3v) is 6.09. The Morgan fingerprint density at radius 1 is 1.10 bits per heavy atom. The van der Waals surface area contributed by atoms with Crippen LogP contribution in [-0.2, 0) is 35.2 Å². The van der Waals surface area contributed by atoms with Crippen LogP contribution in [0.2, 0.25) is 0 Å². The minimum absolute atomic E-state index is 0.0161. The smallest absolute Gasteiger partial charge is 0.308 e. The standard InChI is InChI=1S/C22H26O7S/c1-3-30(24,25)27-14-16(2)20-13-21(23)29-22(20)26-15-17-8-7-11-19(12-17)28-18-9-5-4-6-10-18/h4-12,16,20,22H,3,13-15H2,1-2H3. The topological polar surface area (TPSA) is 88.1 Å². The third kappa shape index (κ3) is 6.29. The zero-order chi connectivity index (χ0) is 21.6. The van der Waals surface area contributed by atoms with Gasteiger partial charge in [0.2, 0.25) is 6.29 Å². The lowest BCUT2D eigenvalue weighted by molar-refractivity contribution is -0.173. The molecule has 2 aromatic rings. The largest absolute Gasteiger partial charge is 0.457 e. The van der Waals surface area contributed by atoms with E-state index in [0.717, 1.165) is 11.3 Å². The Hall–Kier alpha value is -2.42. The minimum Gasteiger partial charge on any atom is -0.457 e. The molecule has 1 saturated heterocycles. The summed E-state index contributed by atoms with van der Waals surface area (Å²) in [5.74, 6) is 0.437. The lowest BCUT2D eigenvalue weighted by atomic mass is 9.93. The average Bonchev–Trinajstić information content (AvgIpc) is 3.12. The van der Waals surface area contributed by atoms with Gasteiger partial charge >= 0.3 is 5.97 Å². The van der Waals surface area contributed by atoms with Crippen LogP contribution in [0, 0.1) is 11.8 Å². The van der Waals surface area contributed by atoms with Crippen molar-refractivity contribution in [1.82, 2.24) is 0 Å². The van der Waals surface area contributed by atoms with Crippen LogP contribution < -0.4 is 4.74 Å². The molecule has 0 spiro atoms. The fraction of sp³-hybridized carbons (Fsp3) is 0.409. The van der Waals surface area contributed by atoms with Crippen LogP contribution in [0.1, 0.15) is 25.8 Å². The molecule has 0 amide bonds. The van der Waals surface area contributed by atoms with Gasteiger partial charge in [-0.1, -0.05) is 37.3 Å². The zero-order valence-electron chi connectivity index (χ0n) is 17.0. The van der Waals surface area contributed by atoms with Crippen LogP contribution in [0.5, 0.6) is 11.5 Å². The molecule has 0 bridgehead atoms. The van der Waals surface area contributed by atoms with E-state index >= 15 is 0 Å². The van der Waals surface area contributed by atoms with Crippen molar-refractivity contribution in [3.63, 3.8) is 0 Å². The van der Waals surface area contributed by atoms with E-state index in [1.54, 1.807) is 0 Å². The fourth-order valence-corrected chi connectivity index (χ4v) is 3.69. The molecular formula is C22H26O7S. The van der Waals surface area contributed by atoms with Crippen LogP contribution in [-0.4, -0.2) is 33.0 Å². The number of benzene rings is 2. The molecule has 0 radical (unpaired) electrons. The molecule has 3 atom stereocenters. The van der Waals surface area contributed by atoms with E-state index < -0.39 is 16.4 Å². The zero-order valence-corrected chi connectivity index (χ0v) is 17.8. The van der Waals surface area contributed by atoms with Crippen LogP contribution in [0.3, 0.4) is 0 Å². The maximum Gasteiger partial charge on any atom is 0.308 e. The summed E-state index contributed by atoms with van der Waals surface area (Å²) in [5.41, 5.74) is 0.864. The summed E-state index contributed by atoms with van der Waals surface area (Å²) in [4.78, 5) is 11.8. The molecule has 2 aromatic carbocycles. The molecular weight excluding hydrogens is 408 g/mol. The molecule has 3 unspecified atom stereocenters. The van der Waals surface area contributed by atoms with Gasteiger partial charge in [0, 0.05) is 5.92 Å². The van der Waals surface area contributed by atoms with Crippen LogP contribution in [0.15, 0.2) is 54.6 Å². The summed E-state index contributed by atoms with van der Waals surface area (Å²) in [6.45, 7) is 3.55. The van der Waals surface area contributed by atoms with E-state index in [0.29, 0.717) is 5.75 Å². The van der Waals surface area contributed by atoms with E-state index in [1.165, 1.54) is 6.92 Å². The van der Waals surface area contributed by atoms with Gasteiger partial charge in [-0.15, -0.1) is 0 Å². The number of hydrogen-bond donors (Lipinski definition) is 0. The quantitative estimate of drug-likeness (QED) is 0.414. The molecule has 8 heteroatoms. The Labute approximate surface area is 177 Å². The van der Waals surface area contributed by atoms with Gasteiger partial charge in [0.25, 0.3) is 10.1 Å². The van der Waals surface area contributed by atoms with Crippen LogP contribution in [0.4, 0.5) is 0 Å². The molecule has 1 aliphatic rings. The first kappa shape index (κ1) is 22.3. The van der Waals surface area contributed by atoms with Gasteiger partial charge in [0.05, 0.1) is 25.4 Å². The summed E-state index contributed by atoms with van der Waals surface area (Å²) in [7, 11) is -3.54. The maximum absolute atomic E-state index is 11.8. The lowest BCUT2D eigenvalue weighted by Crippen LogP contribution is -2.28. The number of carbonyl (C=O) groups is 1. The highest BCUT2D eigenvalue weighted by Gasteiger charge is 2.39. The highest BCUT2D eigenvalue weighted by atomic mass is 32.2. The van der Waals surface area contributed by atoms with Crippen molar-refractivity contribution >= 4 is 16.1 Å². The van der Waals surface area contributed by atoms with Crippen LogP contribution in [0.25, 0.3) is 0 Å². The predicted octanol–water partition coefficient (Wildman–Crippen LogP) is 3.89. The highest BCUT2D eigenvalue weighted by Crippen LogP contribution is 2.31. The second-order valence-corrected chi connectivity index (χ2v) is 9.14. The first-order chi connectivity index (χ1) is 14.4. The lowest BCUT2D eigenvalue weighted by Gasteiger charge is -2.23. The first-order valence-corrected chi connectivity index (χ1v) is 11.4. The summed E-state index contributed by atoms with van der Waals surface area (Å²) < 4.78 is 45.1. The maximum atomic E-state index is 11.8. The molecule has 30 heavy (non-hydrogen) atoms. The van der Waals surface area contributed by atoms with Gasteiger partial charge in [-0.3, -0.25) is 8.98 Å². The molecule has 1 fully saturated rings. The molecule has 0 aliphatic carbocycles. The van der Waals surface area contributed by atoms with Crippen molar-refractivity contribution in [3.8, 4) is 11.5 Å². The van der Waals surface area contributed by atoms with E-state index in [4.69, 9.17) is 18.4 Å². The molecule has 7 nitrogen and oxygen atoms in total. The number of cyclic esters (lactones) is 1. The van der Waals surface area contributed by atoms with Crippen molar-refractivity contribution in [1.29, 1.82) is 0 Å². The van der Waals surface area contributed by atoms with Crippen LogP contribution >= 0.6 is 0 Å². The van der Waals surface area contributed by atoms with Gasteiger partial charge in [-0.25, -0.2) is 0 Å². The van der Waals surface area contributed by atoms with E-state index in [9.17, 15) is 13.2 Å². The number of carbonyl (C=O) groups excluding carboxylic acids is 1. The molecule has 0 N–H and O–H groups in total. The number of ether oxygens (including phenoxy) is 3. The summed E-state index contributed by atoms with van der Waals surface area (Å²) in [5, 5.41) is 0. The third-order valence-electron chi connectivity index (χ3n) is 4.89. The van der Waals surface area contributed by atoms with Gasteiger partial charge in [0.1, 0.15) is 11.5 Å². The Bertz CT molecular complexity index is 943. The van der Waals surface area contributed by atoms with Crippen molar-refractivity contribution in [3.05, 3.63) is 60.2 Å². The summed E-state index contributed by atoms with van der Waals surface area (Å²) in [6, 6.07) is 16.9. The monoisotopic (exact) mass is 434 g/mol. The average molecular weight is 435 g/mol. The van der Waals surface area contributed by atoms with E-state index in [1.807, 2.05) is 61.5 Å². The fourth-order valence-electron chi connectivity index (χ4n) is 3.10. The highest BCUT2D eigenvalue weighted by molar-refractivity contribution is 7.86. The number of hydrogen-bond acceptors (Lipinski definition) is 7. The number of rotatable bonds is 10. The van der Waals surface area contributed by atoms with E-state index in [-0.39, 0.29) is 43.2 Å². The molecule has 0 saturated carbocycles. The van der Waals surface area contributed by atoms with Gasteiger partial charge in [-0.2, -0.15) is 8.42 Å². The molecule has 0 aromatic heterocycles. The second kappa shape index (κ2) is 10.1. The van der Waals surface area contributed by atoms with Crippen molar-refractivity contribution in [2.24, 2.45) is 11.8 Å².